The van der Waals surface area contributed by atoms with Gasteiger partial charge >= 0.3 is 0 Å². The van der Waals surface area contributed by atoms with Crippen molar-refractivity contribution in [1.29, 1.82) is 0 Å². The van der Waals surface area contributed by atoms with Crippen molar-refractivity contribution in [2.24, 2.45) is 0 Å². The molecule has 0 atom stereocenters. The molecular weight excluding hydrogens is 286 g/mol. The van der Waals surface area contributed by atoms with Crippen molar-refractivity contribution >= 4 is 23.2 Å². The summed E-state index contributed by atoms with van der Waals surface area (Å²) in [5.41, 5.74) is 1.17. The van der Waals surface area contributed by atoms with Gasteiger partial charge in [0.25, 0.3) is 0 Å². The van der Waals surface area contributed by atoms with Gasteiger partial charge in [-0.25, -0.2) is 0 Å². The Balaban J connectivity index is 2.00. The highest BCUT2D eigenvalue weighted by Crippen LogP contribution is 2.25. The van der Waals surface area contributed by atoms with Crippen LogP contribution >= 0.6 is 11.6 Å². The smallest absolute Gasteiger partial charge is 0.196 e. The minimum absolute atomic E-state index is 0.0621. The van der Waals surface area contributed by atoms with E-state index in [4.69, 9.17) is 11.6 Å². The molecule has 4 nitrogen and oxygen atoms in total. The maximum atomic E-state index is 12.7. The fourth-order valence-corrected chi connectivity index (χ4v) is 2.76. The van der Waals surface area contributed by atoms with Gasteiger partial charge in [0.05, 0.1) is 5.56 Å². The summed E-state index contributed by atoms with van der Waals surface area (Å²) < 4.78 is 0. The van der Waals surface area contributed by atoms with Crippen molar-refractivity contribution in [2.45, 2.75) is 19.3 Å². The Morgan fingerprint density at radius 1 is 1.05 bits per heavy atom. The minimum Gasteiger partial charge on any atom is -0.355 e. The van der Waals surface area contributed by atoms with Crippen LogP contribution < -0.4 is 4.90 Å². The number of piperidine rings is 1. The van der Waals surface area contributed by atoms with E-state index in [1.807, 2.05) is 18.2 Å². The standard InChI is InChI=1S/C16H16ClN3O/c17-14-11-13(15(21)12-7-3-1-4-8-12)16(19-18-14)20-9-5-2-6-10-20/h1,3-4,7-8,11H,2,5-6,9-10H2. The normalized spacial score (nSPS) is 15.0. The second-order valence-electron chi connectivity index (χ2n) is 5.15. The maximum absolute atomic E-state index is 12.7. The molecule has 2 aromatic rings. The average Bonchev–Trinajstić information content (AvgIpc) is 2.56. The number of nitrogens with zero attached hydrogens (tertiary/aromatic N) is 3. The predicted octanol–water partition coefficient (Wildman–Crippen LogP) is 3.35. The van der Waals surface area contributed by atoms with E-state index in [0.29, 0.717) is 16.9 Å². The van der Waals surface area contributed by atoms with E-state index in [1.165, 1.54) is 6.42 Å². The van der Waals surface area contributed by atoms with Gasteiger partial charge in [-0.1, -0.05) is 41.9 Å². The van der Waals surface area contributed by atoms with Gasteiger partial charge in [-0.2, -0.15) is 0 Å². The van der Waals surface area contributed by atoms with Crippen LogP contribution in [-0.4, -0.2) is 29.1 Å². The molecule has 0 N–H and O–H groups in total. The van der Waals surface area contributed by atoms with Crippen LogP contribution in [0.5, 0.6) is 0 Å². The maximum Gasteiger partial charge on any atom is 0.196 e. The van der Waals surface area contributed by atoms with Gasteiger partial charge in [0.15, 0.2) is 16.8 Å². The summed E-state index contributed by atoms with van der Waals surface area (Å²) in [5, 5.41) is 8.33. The van der Waals surface area contributed by atoms with Crippen LogP contribution in [0.25, 0.3) is 0 Å². The van der Waals surface area contributed by atoms with Gasteiger partial charge in [0, 0.05) is 18.7 Å². The number of aromatic nitrogens is 2. The molecule has 1 saturated heterocycles. The van der Waals surface area contributed by atoms with Crippen molar-refractivity contribution in [3.05, 3.63) is 52.7 Å². The van der Waals surface area contributed by atoms with Crippen molar-refractivity contribution < 1.29 is 4.79 Å². The van der Waals surface area contributed by atoms with Gasteiger partial charge in [-0.15, -0.1) is 10.2 Å². The Morgan fingerprint density at radius 3 is 2.48 bits per heavy atom. The zero-order chi connectivity index (χ0) is 14.7. The topological polar surface area (TPSA) is 46.1 Å². The molecule has 0 saturated carbocycles. The number of halogens is 1. The molecule has 1 aromatic carbocycles. The first kappa shape index (κ1) is 14.0. The largest absolute Gasteiger partial charge is 0.355 e. The van der Waals surface area contributed by atoms with Crippen LogP contribution in [0, 0.1) is 0 Å². The minimum atomic E-state index is -0.0621. The molecule has 0 aliphatic carbocycles. The van der Waals surface area contributed by atoms with E-state index < -0.39 is 0 Å². The third-order valence-corrected chi connectivity index (χ3v) is 3.87. The number of carbonyl (C=O) groups excluding carboxylic acids is 1. The molecule has 0 spiro atoms. The number of hydrogen-bond donors (Lipinski definition) is 0. The molecule has 21 heavy (non-hydrogen) atoms. The van der Waals surface area contributed by atoms with Crippen LogP contribution in [0.3, 0.4) is 0 Å². The third kappa shape index (κ3) is 3.05. The lowest BCUT2D eigenvalue weighted by Crippen LogP contribution is -2.32. The lowest BCUT2D eigenvalue weighted by atomic mass is 10.0. The Hall–Kier alpha value is -1.94. The summed E-state index contributed by atoms with van der Waals surface area (Å²) in [6.07, 6.45) is 3.45. The van der Waals surface area contributed by atoms with Gasteiger partial charge in [0.2, 0.25) is 0 Å². The highest BCUT2D eigenvalue weighted by atomic mass is 35.5. The third-order valence-electron chi connectivity index (χ3n) is 3.68. The molecule has 1 aliphatic rings. The zero-order valence-electron chi connectivity index (χ0n) is 11.6. The molecule has 0 amide bonds. The summed E-state index contributed by atoms with van der Waals surface area (Å²) in [6.45, 7) is 1.82. The predicted molar refractivity (Wildman–Crippen MR) is 83.0 cm³/mol. The lowest BCUT2D eigenvalue weighted by Gasteiger charge is -2.28. The molecule has 0 radical (unpaired) electrons. The molecule has 1 fully saturated rings. The zero-order valence-corrected chi connectivity index (χ0v) is 12.4. The molecule has 108 valence electrons. The summed E-state index contributed by atoms with van der Waals surface area (Å²) >= 11 is 5.94. The first-order valence-corrected chi connectivity index (χ1v) is 7.51. The second-order valence-corrected chi connectivity index (χ2v) is 5.53. The number of rotatable bonds is 3. The van der Waals surface area contributed by atoms with Gasteiger partial charge in [-0.3, -0.25) is 4.79 Å². The van der Waals surface area contributed by atoms with E-state index >= 15 is 0 Å². The van der Waals surface area contributed by atoms with Crippen LogP contribution in [-0.2, 0) is 0 Å². The van der Waals surface area contributed by atoms with Crippen LogP contribution in [0.1, 0.15) is 35.2 Å². The number of carbonyl (C=O) groups is 1. The highest BCUT2D eigenvalue weighted by Gasteiger charge is 2.22. The first-order valence-electron chi connectivity index (χ1n) is 7.13. The van der Waals surface area contributed by atoms with Crippen LogP contribution in [0.4, 0.5) is 5.82 Å². The molecule has 0 unspecified atom stereocenters. The van der Waals surface area contributed by atoms with Crippen LogP contribution in [0.15, 0.2) is 36.4 Å². The van der Waals surface area contributed by atoms with Crippen molar-refractivity contribution in [3.63, 3.8) is 0 Å². The van der Waals surface area contributed by atoms with Crippen molar-refractivity contribution in [3.8, 4) is 0 Å². The molecule has 1 aromatic heterocycles. The number of ketones is 1. The lowest BCUT2D eigenvalue weighted by molar-refractivity contribution is 0.103. The van der Waals surface area contributed by atoms with E-state index in [0.717, 1.165) is 25.9 Å². The number of hydrogen-bond acceptors (Lipinski definition) is 4. The fraction of sp³-hybridized carbons (Fsp3) is 0.312. The second kappa shape index (κ2) is 6.22. The van der Waals surface area contributed by atoms with Gasteiger partial charge in [0.1, 0.15) is 0 Å². The van der Waals surface area contributed by atoms with E-state index in [9.17, 15) is 4.79 Å². The van der Waals surface area contributed by atoms with Crippen molar-refractivity contribution in [1.82, 2.24) is 10.2 Å². The quantitative estimate of drug-likeness (QED) is 0.816. The van der Waals surface area contributed by atoms with Gasteiger partial charge in [-0.05, 0) is 25.3 Å². The van der Waals surface area contributed by atoms with Gasteiger partial charge < -0.3 is 4.90 Å². The number of benzene rings is 1. The average molecular weight is 302 g/mol. The number of anilines is 1. The molecule has 0 bridgehead atoms. The van der Waals surface area contributed by atoms with Crippen molar-refractivity contribution in [2.75, 3.05) is 18.0 Å². The molecular formula is C16H16ClN3O. The molecule has 1 aliphatic heterocycles. The van der Waals surface area contributed by atoms with E-state index in [2.05, 4.69) is 15.1 Å². The SMILES string of the molecule is O=C(c1ccccc1)c1cc(Cl)nnc1N1CCCCC1. The summed E-state index contributed by atoms with van der Waals surface area (Å²) in [4.78, 5) is 14.8. The Morgan fingerprint density at radius 2 is 1.76 bits per heavy atom. The van der Waals surface area contributed by atoms with E-state index in [-0.39, 0.29) is 10.9 Å². The summed E-state index contributed by atoms with van der Waals surface area (Å²) in [6, 6.07) is 10.8. The monoisotopic (exact) mass is 301 g/mol. The van der Waals surface area contributed by atoms with E-state index in [1.54, 1.807) is 18.2 Å². The highest BCUT2D eigenvalue weighted by molar-refractivity contribution is 6.30. The molecule has 5 heteroatoms. The molecule has 3 rings (SSSR count). The Kier molecular flexibility index (Phi) is 4.15. The first-order chi connectivity index (χ1) is 10.3. The summed E-state index contributed by atoms with van der Waals surface area (Å²) in [5.74, 6) is 0.584. The Labute approximate surface area is 128 Å². The Bertz CT molecular complexity index is 639. The van der Waals surface area contributed by atoms with Crippen LogP contribution in [0.2, 0.25) is 5.15 Å². The fourth-order valence-electron chi connectivity index (χ4n) is 2.61. The molecule has 2 heterocycles. The summed E-state index contributed by atoms with van der Waals surface area (Å²) in [7, 11) is 0.